The standard InChI is InChI=1S/C20H21F2N3O2/c1-3-4-10-23-20(26)18-13(2)24-19-17(9-6-11-25(18)19)27-12-14-15(21)7-5-8-16(14)22/h5-9,11H,3-4,10,12H2,1-2H3,(H,23,26). The van der Waals surface area contributed by atoms with Crippen molar-refractivity contribution >= 4 is 11.6 Å². The third-order valence-electron chi connectivity index (χ3n) is 4.25. The lowest BCUT2D eigenvalue weighted by molar-refractivity contribution is 0.0946. The fraction of sp³-hybridized carbons (Fsp3) is 0.300. The first-order chi connectivity index (χ1) is 13.0. The van der Waals surface area contributed by atoms with Crippen LogP contribution in [0.3, 0.4) is 0 Å². The van der Waals surface area contributed by atoms with Gasteiger partial charge in [-0.15, -0.1) is 0 Å². The fourth-order valence-corrected chi connectivity index (χ4v) is 2.82. The molecule has 7 heteroatoms. The summed E-state index contributed by atoms with van der Waals surface area (Å²) in [6, 6.07) is 7.01. The molecule has 1 amide bonds. The highest BCUT2D eigenvalue weighted by Gasteiger charge is 2.19. The summed E-state index contributed by atoms with van der Waals surface area (Å²) < 4.78 is 34.8. The van der Waals surface area contributed by atoms with Gasteiger partial charge in [0.05, 0.1) is 11.3 Å². The van der Waals surface area contributed by atoms with E-state index in [-0.39, 0.29) is 18.1 Å². The number of hydrogen-bond acceptors (Lipinski definition) is 3. The van der Waals surface area contributed by atoms with Gasteiger partial charge in [-0.05, 0) is 37.6 Å². The summed E-state index contributed by atoms with van der Waals surface area (Å²) in [5.74, 6) is -1.21. The van der Waals surface area contributed by atoms with Gasteiger partial charge in [-0.2, -0.15) is 0 Å². The van der Waals surface area contributed by atoms with Crippen LogP contribution in [0.25, 0.3) is 5.65 Å². The van der Waals surface area contributed by atoms with E-state index in [1.54, 1.807) is 29.7 Å². The third-order valence-corrected chi connectivity index (χ3v) is 4.25. The molecule has 5 nitrogen and oxygen atoms in total. The molecule has 0 unspecified atom stereocenters. The number of amides is 1. The Morgan fingerprint density at radius 3 is 2.67 bits per heavy atom. The van der Waals surface area contributed by atoms with Crippen LogP contribution >= 0.6 is 0 Å². The van der Waals surface area contributed by atoms with Gasteiger partial charge in [0.2, 0.25) is 0 Å². The summed E-state index contributed by atoms with van der Waals surface area (Å²) >= 11 is 0. The molecule has 0 saturated heterocycles. The quantitative estimate of drug-likeness (QED) is 0.636. The number of carbonyl (C=O) groups excluding carboxylic acids is 1. The Morgan fingerprint density at radius 2 is 1.96 bits per heavy atom. The molecule has 3 aromatic rings. The molecule has 0 spiro atoms. The first kappa shape index (κ1) is 18.8. The van der Waals surface area contributed by atoms with Crippen LogP contribution < -0.4 is 10.1 Å². The number of carbonyl (C=O) groups is 1. The molecule has 3 rings (SSSR count). The van der Waals surface area contributed by atoms with E-state index in [4.69, 9.17) is 4.74 Å². The normalized spacial score (nSPS) is 11.0. The number of halogens is 2. The highest BCUT2D eigenvalue weighted by molar-refractivity contribution is 5.94. The third kappa shape index (κ3) is 3.92. The Balaban J connectivity index is 1.87. The van der Waals surface area contributed by atoms with Crippen LogP contribution in [-0.4, -0.2) is 21.8 Å². The average molecular weight is 373 g/mol. The molecule has 0 aliphatic heterocycles. The SMILES string of the molecule is CCCCNC(=O)c1c(C)nc2c(OCc3c(F)cccc3F)cccn12. The topological polar surface area (TPSA) is 55.6 Å². The number of fused-ring (bicyclic) bond motifs is 1. The van der Waals surface area contributed by atoms with Crippen molar-refractivity contribution in [1.29, 1.82) is 0 Å². The maximum absolute atomic E-state index is 13.8. The highest BCUT2D eigenvalue weighted by Crippen LogP contribution is 2.24. The van der Waals surface area contributed by atoms with Gasteiger partial charge < -0.3 is 10.1 Å². The molecule has 0 aliphatic carbocycles. The summed E-state index contributed by atoms with van der Waals surface area (Å²) in [5, 5.41) is 2.87. The second-order valence-electron chi connectivity index (χ2n) is 6.21. The Hall–Kier alpha value is -2.96. The van der Waals surface area contributed by atoms with Crippen molar-refractivity contribution in [2.24, 2.45) is 0 Å². The van der Waals surface area contributed by atoms with Crippen LogP contribution in [0.4, 0.5) is 8.78 Å². The number of aromatic nitrogens is 2. The minimum atomic E-state index is -0.669. The van der Waals surface area contributed by atoms with Crippen molar-refractivity contribution in [3.05, 3.63) is 65.1 Å². The second-order valence-corrected chi connectivity index (χ2v) is 6.21. The molecular weight excluding hydrogens is 352 g/mol. The first-order valence-corrected chi connectivity index (χ1v) is 8.84. The Labute approximate surface area is 156 Å². The fourth-order valence-electron chi connectivity index (χ4n) is 2.82. The number of benzene rings is 1. The zero-order valence-electron chi connectivity index (χ0n) is 15.3. The molecule has 27 heavy (non-hydrogen) atoms. The van der Waals surface area contributed by atoms with E-state index in [1.807, 2.05) is 6.92 Å². The molecule has 1 N–H and O–H groups in total. The lowest BCUT2D eigenvalue weighted by atomic mass is 10.2. The molecule has 142 valence electrons. The van der Waals surface area contributed by atoms with Crippen LogP contribution in [0.2, 0.25) is 0 Å². The number of rotatable bonds is 7. The summed E-state index contributed by atoms with van der Waals surface area (Å²) in [7, 11) is 0. The van der Waals surface area contributed by atoms with Gasteiger partial charge in [0, 0.05) is 12.7 Å². The van der Waals surface area contributed by atoms with E-state index >= 15 is 0 Å². The maximum atomic E-state index is 13.8. The number of imidazole rings is 1. The first-order valence-electron chi connectivity index (χ1n) is 8.84. The number of nitrogens with zero attached hydrogens (tertiary/aromatic N) is 2. The summed E-state index contributed by atoms with van der Waals surface area (Å²) in [6.45, 7) is 4.10. The minimum absolute atomic E-state index is 0.152. The molecule has 0 fully saturated rings. The smallest absolute Gasteiger partial charge is 0.270 e. The van der Waals surface area contributed by atoms with E-state index in [0.29, 0.717) is 29.3 Å². The van der Waals surface area contributed by atoms with Gasteiger partial charge in [0.1, 0.15) is 23.9 Å². The second kappa shape index (κ2) is 8.16. The van der Waals surface area contributed by atoms with E-state index in [0.717, 1.165) is 12.8 Å². The molecule has 2 heterocycles. The van der Waals surface area contributed by atoms with Gasteiger partial charge in [-0.25, -0.2) is 13.8 Å². The maximum Gasteiger partial charge on any atom is 0.270 e. The lowest BCUT2D eigenvalue weighted by Gasteiger charge is -2.10. The molecule has 0 aliphatic rings. The monoisotopic (exact) mass is 373 g/mol. The predicted molar refractivity (Wildman–Crippen MR) is 97.9 cm³/mol. The Kier molecular flexibility index (Phi) is 5.69. The number of aryl methyl sites for hydroxylation is 1. The van der Waals surface area contributed by atoms with Gasteiger partial charge in [-0.1, -0.05) is 19.4 Å². The molecular formula is C20H21F2N3O2. The lowest BCUT2D eigenvalue weighted by Crippen LogP contribution is -2.26. The number of ether oxygens (including phenoxy) is 1. The summed E-state index contributed by atoms with van der Waals surface area (Å²) in [4.78, 5) is 16.9. The van der Waals surface area contributed by atoms with Crippen molar-refractivity contribution < 1.29 is 18.3 Å². The van der Waals surface area contributed by atoms with Crippen molar-refractivity contribution in [2.75, 3.05) is 6.54 Å². The van der Waals surface area contributed by atoms with Crippen LogP contribution in [0.15, 0.2) is 36.5 Å². The largest absolute Gasteiger partial charge is 0.485 e. The Morgan fingerprint density at radius 1 is 1.22 bits per heavy atom. The van der Waals surface area contributed by atoms with Crippen LogP contribution in [0.5, 0.6) is 5.75 Å². The van der Waals surface area contributed by atoms with E-state index < -0.39 is 11.6 Å². The summed E-state index contributed by atoms with van der Waals surface area (Å²) in [6.07, 6.45) is 3.59. The molecule has 1 aromatic carbocycles. The molecule has 0 saturated carbocycles. The van der Waals surface area contributed by atoms with Crippen molar-refractivity contribution in [1.82, 2.24) is 14.7 Å². The molecule has 0 bridgehead atoms. The van der Waals surface area contributed by atoms with Gasteiger partial charge >= 0.3 is 0 Å². The molecule has 0 radical (unpaired) electrons. The molecule has 0 atom stereocenters. The number of pyridine rings is 1. The van der Waals surface area contributed by atoms with Gasteiger partial charge in [-0.3, -0.25) is 9.20 Å². The summed E-state index contributed by atoms with van der Waals surface area (Å²) in [5.41, 5.74) is 1.24. The van der Waals surface area contributed by atoms with Crippen molar-refractivity contribution in [3.8, 4) is 5.75 Å². The average Bonchev–Trinajstić information content (AvgIpc) is 2.98. The number of hydrogen-bond donors (Lipinski definition) is 1. The zero-order chi connectivity index (χ0) is 19.4. The van der Waals surface area contributed by atoms with Crippen LogP contribution in [0, 0.1) is 18.6 Å². The zero-order valence-corrected chi connectivity index (χ0v) is 15.3. The minimum Gasteiger partial charge on any atom is -0.485 e. The Bertz CT molecular complexity index is 949. The number of nitrogens with one attached hydrogen (secondary N) is 1. The van der Waals surface area contributed by atoms with Gasteiger partial charge in [0.25, 0.3) is 5.91 Å². The van der Waals surface area contributed by atoms with Crippen LogP contribution in [0.1, 0.15) is 41.5 Å². The molecule has 2 aromatic heterocycles. The van der Waals surface area contributed by atoms with Crippen LogP contribution in [-0.2, 0) is 6.61 Å². The predicted octanol–water partition coefficient (Wildman–Crippen LogP) is 4.03. The van der Waals surface area contributed by atoms with Crippen molar-refractivity contribution in [2.45, 2.75) is 33.3 Å². The van der Waals surface area contributed by atoms with E-state index in [9.17, 15) is 13.6 Å². The van der Waals surface area contributed by atoms with Crippen molar-refractivity contribution in [3.63, 3.8) is 0 Å². The highest BCUT2D eigenvalue weighted by atomic mass is 19.1. The number of unbranched alkanes of at least 4 members (excludes halogenated alkanes) is 1. The van der Waals surface area contributed by atoms with E-state index in [2.05, 4.69) is 10.3 Å². The van der Waals surface area contributed by atoms with E-state index in [1.165, 1.54) is 18.2 Å². The van der Waals surface area contributed by atoms with Gasteiger partial charge in [0.15, 0.2) is 11.4 Å².